The number of amides is 2. The molecule has 1 aromatic carbocycles. The van der Waals surface area contributed by atoms with E-state index in [1.165, 1.54) is 4.90 Å². The zero-order valence-electron chi connectivity index (χ0n) is 14.0. The van der Waals surface area contributed by atoms with Crippen LogP contribution in [0, 0.1) is 0 Å². The molecule has 1 aromatic heterocycles. The third kappa shape index (κ3) is 2.97. The minimum absolute atomic E-state index is 0.00314. The molecule has 130 valence electrons. The molecule has 2 aliphatic heterocycles. The van der Waals surface area contributed by atoms with Crippen LogP contribution in [0.2, 0.25) is 0 Å². The first-order valence-electron chi connectivity index (χ1n) is 8.48. The predicted molar refractivity (Wildman–Crippen MR) is 91.4 cm³/mol. The smallest absolute Gasteiger partial charge is 0.268 e. The average molecular weight is 340 g/mol. The molecule has 0 aliphatic carbocycles. The van der Waals surface area contributed by atoms with E-state index in [9.17, 15) is 9.59 Å². The molecule has 7 nitrogen and oxygen atoms in total. The van der Waals surface area contributed by atoms with Crippen molar-refractivity contribution in [1.29, 1.82) is 0 Å². The first-order valence-corrected chi connectivity index (χ1v) is 8.48. The molecule has 0 saturated carbocycles. The van der Waals surface area contributed by atoms with Gasteiger partial charge in [-0.25, -0.2) is 4.98 Å². The van der Waals surface area contributed by atoms with Gasteiger partial charge < -0.3 is 14.6 Å². The Labute approximate surface area is 145 Å². The Morgan fingerprint density at radius 2 is 2.24 bits per heavy atom. The van der Waals surface area contributed by atoms with Crippen molar-refractivity contribution in [3.63, 3.8) is 0 Å². The summed E-state index contributed by atoms with van der Waals surface area (Å²) in [6, 6.07) is 7.34. The van der Waals surface area contributed by atoms with E-state index >= 15 is 0 Å². The molecule has 0 fully saturated rings. The summed E-state index contributed by atoms with van der Waals surface area (Å²) in [5, 5.41) is 3.04. The number of carbonyl (C=O) groups excluding carboxylic acids is 2. The number of ether oxygens (including phenoxy) is 1. The van der Waals surface area contributed by atoms with Gasteiger partial charge in [-0.3, -0.25) is 14.5 Å². The lowest BCUT2D eigenvalue weighted by molar-refractivity contribution is -0.128. The maximum absolute atomic E-state index is 12.5. The van der Waals surface area contributed by atoms with Crippen molar-refractivity contribution in [2.24, 2.45) is 0 Å². The van der Waals surface area contributed by atoms with Gasteiger partial charge in [0.25, 0.3) is 5.91 Å². The van der Waals surface area contributed by atoms with E-state index in [1.54, 1.807) is 19.2 Å². The van der Waals surface area contributed by atoms with E-state index < -0.39 is 6.10 Å². The van der Waals surface area contributed by atoms with Crippen LogP contribution in [-0.4, -0.2) is 40.1 Å². The third-order valence-corrected chi connectivity index (χ3v) is 4.68. The first kappa shape index (κ1) is 15.7. The van der Waals surface area contributed by atoms with Gasteiger partial charge in [0.2, 0.25) is 5.91 Å². The number of hydrogen-bond acceptors (Lipinski definition) is 4. The van der Waals surface area contributed by atoms with Gasteiger partial charge in [0, 0.05) is 31.4 Å². The van der Waals surface area contributed by atoms with Crippen LogP contribution in [0.4, 0.5) is 5.69 Å². The van der Waals surface area contributed by atoms with Crippen LogP contribution in [0.1, 0.15) is 19.2 Å². The van der Waals surface area contributed by atoms with Crippen molar-refractivity contribution in [3.05, 3.63) is 42.5 Å². The van der Waals surface area contributed by atoms with Crippen molar-refractivity contribution < 1.29 is 14.3 Å². The Balaban J connectivity index is 1.45. The molecule has 1 N–H and O–H groups in total. The van der Waals surface area contributed by atoms with Crippen molar-refractivity contribution >= 4 is 17.5 Å². The lowest BCUT2D eigenvalue weighted by Gasteiger charge is -2.33. The van der Waals surface area contributed by atoms with Crippen LogP contribution in [0.25, 0.3) is 0 Å². The molecule has 0 unspecified atom stereocenters. The Morgan fingerprint density at radius 1 is 1.40 bits per heavy atom. The molecule has 0 saturated heterocycles. The highest BCUT2D eigenvalue weighted by Crippen LogP contribution is 2.33. The maximum atomic E-state index is 12.5. The molecule has 25 heavy (non-hydrogen) atoms. The molecule has 3 heterocycles. The molecular weight excluding hydrogens is 320 g/mol. The number of nitrogens with one attached hydrogen (secondary N) is 1. The van der Waals surface area contributed by atoms with Gasteiger partial charge in [-0.05, 0) is 25.5 Å². The molecular formula is C18H20N4O3. The number of rotatable bonds is 3. The highest BCUT2D eigenvalue weighted by Gasteiger charge is 2.33. The minimum atomic E-state index is -0.592. The lowest BCUT2D eigenvalue weighted by atomic mass is 10.1. The predicted octanol–water partition coefficient (Wildman–Crippen LogP) is 1.13. The summed E-state index contributed by atoms with van der Waals surface area (Å²) in [6.07, 6.45) is 4.81. The van der Waals surface area contributed by atoms with E-state index in [4.69, 9.17) is 4.74 Å². The maximum Gasteiger partial charge on any atom is 0.268 e. The number of anilines is 1. The number of imidazole rings is 1. The standard InChI is InChI=1S/C18H20N4O3/c1-12-18(24)22(14-4-2-3-5-15(14)25-12)11-17(23)20-13-6-7-16-19-8-9-21(16)10-13/h2-5,8-9,12-13H,6-7,10-11H2,1H3,(H,20,23)/t12-,13-/m0/s1. The summed E-state index contributed by atoms with van der Waals surface area (Å²) in [6.45, 7) is 2.41. The summed E-state index contributed by atoms with van der Waals surface area (Å²) >= 11 is 0. The van der Waals surface area contributed by atoms with Crippen LogP contribution in [-0.2, 0) is 22.6 Å². The van der Waals surface area contributed by atoms with E-state index in [0.29, 0.717) is 18.0 Å². The second-order valence-electron chi connectivity index (χ2n) is 6.45. The topological polar surface area (TPSA) is 76.5 Å². The largest absolute Gasteiger partial charge is 0.479 e. The average Bonchev–Trinajstić information content (AvgIpc) is 3.06. The molecule has 2 aliphatic rings. The Bertz CT molecular complexity index is 816. The molecule has 2 amide bonds. The molecule has 0 radical (unpaired) electrons. The highest BCUT2D eigenvalue weighted by atomic mass is 16.5. The SMILES string of the molecule is C[C@@H]1Oc2ccccc2N(CC(=O)N[C@H]2CCc3nccn3C2)C1=O. The molecule has 2 aromatic rings. The summed E-state index contributed by atoms with van der Waals surface area (Å²) in [4.78, 5) is 30.8. The van der Waals surface area contributed by atoms with Gasteiger partial charge in [0.1, 0.15) is 18.1 Å². The zero-order valence-corrected chi connectivity index (χ0v) is 14.0. The number of fused-ring (bicyclic) bond motifs is 2. The Morgan fingerprint density at radius 3 is 3.12 bits per heavy atom. The number of para-hydroxylation sites is 2. The van der Waals surface area contributed by atoms with Crippen molar-refractivity contribution in [3.8, 4) is 5.75 Å². The van der Waals surface area contributed by atoms with Crippen LogP contribution >= 0.6 is 0 Å². The number of nitrogens with zero attached hydrogens (tertiary/aromatic N) is 3. The number of benzene rings is 1. The number of aromatic nitrogens is 2. The first-order chi connectivity index (χ1) is 12.1. The van der Waals surface area contributed by atoms with E-state index in [1.807, 2.05) is 24.4 Å². The van der Waals surface area contributed by atoms with Gasteiger partial charge in [0.15, 0.2) is 6.10 Å². The van der Waals surface area contributed by atoms with E-state index in [2.05, 4.69) is 14.9 Å². The number of carbonyl (C=O) groups is 2. The van der Waals surface area contributed by atoms with Gasteiger partial charge >= 0.3 is 0 Å². The van der Waals surface area contributed by atoms with Gasteiger partial charge in [0.05, 0.1) is 5.69 Å². The van der Waals surface area contributed by atoms with Crippen molar-refractivity contribution in [1.82, 2.24) is 14.9 Å². The molecule has 7 heteroatoms. The number of aryl methyl sites for hydroxylation is 1. The Kier molecular flexibility index (Phi) is 3.91. The molecule has 0 bridgehead atoms. The normalized spacial score (nSPS) is 22.0. The van der Waals surface area contributed by atoms with Crippen LogP contribution in [0.3, 0.4) is 0 Å². The van der Waals surface area contributed by atoms with Crippen LogP contribution < -0.4 is 15.0 Å². The fourth-order valence-electron chi connectivity index (χ4n) is 3.42. The Hall–Kier alpha value is -2.83. The minimum Gasteiger partial charge on any atom is -0.479 e. The van der Waals surface area contributed by atoms with Crippen molar-refractivity contribution in [2.75, 3.05) is 11.4 Å². The summed E-state index contributed by atoms with van der Waals surface area (Å²) < 4.78 is 7.66. The van der Waals surface area contributed by atoms with Crippen molar-refractivity contribution in [2.45, 2.75) is 38.5 Å². The van der Waals surface area contributed by atoms with Gasteiger partial charge in [-0.2, -0.15) is 0 Å². The molecule has 2 atom stereocenters. The van der Waals surface area contributed by atoms with E-state index in [0.717, 1.165) is 18.7 Å². The lowest BCUT2D eigenvalue weighted by Crippen LogP contribution is -2.51. The summed E-state index contributed by atoms with van der Waals surface area (Å²) in [5.41, 5.74) is 0.640. The van der Waals surface area contributed by atoms with Gasteiger partial charge in [-0.15, -0.1) is 0 Å². The summed E-state index contributed by atoms with van der Waals surface area (Å²) in [7, 11) is 0. The summed E-state index contributed by atoms with van der Waals surface area (Å²) in [5.74, 6) is 1.32. The second kappa shape index (κ2) is 6.23. The second-order valence-corrected chi connectivity index (χ2v) is 6.45. The van der Waals surface area contributed by atoms with Crippen LogP contribution in [0.5, 0.6) is 5.75 Å². The van der Waals surface area contributed by atoms with Gasteiger partial charge in [-0.1, -0.05) is 12.1 Å². The molecule has 0 spiro atoms. The molecule has 4 rings (SSSR count). The number of hydrogen-bond donors (Lipinski definition) is 1. The monoisotopic (exact) mass is 340 g/mol. The quantitative estimate of drug-likeness (QED) is 0.909. The van der Waals surface area contributed by atoms with Crippen LogP contribution in [0.15, 0.2) is 36.7 Å². The highest BCUT2D eigenvalue weighted by molar-refractivity contribution is 6.03. The zero-order chi connectivity index (χ0) is 17.4. The fraction of sp³-hybridized carbons (Fsp3) is 0.389. The third-order valence-electron chi connectivity index (χ3n) is 4.68. The van der Waals surface area contributed by atoms with E-state index in [-0.39, 0.29) is 24.4 Å². The fourth-order valence-corrected chi connectivity index (χ4v) is 3.42.